The zero-order valence-corrected chi connectivity index (χ0v) is 16.9. The van der Waals surface area contributed by atoms with Gasteiger partial charge in [-0.1, -0.05) is 42.1 Å². The van der Waals surface area contributed by atoms with E-state index < -0.39 is 6.36 Å². The van der Waals surface area contributed by atoms with Crippen LogP contribution < -0.4 is 4.74 Å². The molecule has 1 atom stereocenters. The van der Waals surface area contributed by atoms with E-state index in [0.29, 0.717) is 10.8 Å². The molecule has 0 fully saturated rings. The van der Waals surface area contributed by atoms with E-state index in [1.807, 2.05) is 37.3 Å². The fraction of sp³-hybridized carbons (Fsp3) is 0.263. The molecule has 1 amide bonds. The highest BCUT2D eigenvalue weighted by Crippen LogP contribution is 2.25. The van der Waals surface area contributed by atoms with E-state index in [1.165, 1.54) is 28.9 Å². The van der Waals surface area contributed by atoms with Gasteiger partial charge in [0.15, 0.2) is 0 Å². The van der Waals surface area contributed by atoms with Gasteiger partial charge in [-0.05, 0) is 47.2 Å². The molecule has 0 aliphatic heterocycles. The Morgan fingerprint density at radius 3 is 2.47 bits per heavy atom. The Hall–Kier alpha value is -3.08. The third kappa shape index (κ3) is 5.50. The lowest BCUT2D eigenvalue weighted by atomic mass is 10.1. The van der Waals surface area contributed by atoms with Crippen LogP contribution in [-0.2, 0) is 4.79 Å². The summed E-state index contributed by atoms with van der Waals surface area (Å²) in [6.45, 7) is 1.94. The molecule has 0 aliphatic rings. The van der Waals surface area contributed by atoms with Crippen LogP contribution in [0, 0.1) is 0 Å². The maximum absolute atomic E-state index is 12.6. The van der Waals surface area contributed by atoms with Crippen molar-refractivity contribution < 1.29 is 22.7 Å². The molecule has 158 valence electrons. The maximum Gasteiger partial charge on any atom is 0.573 e. The molecule has 11 heteroatoms. The molecule has 1 aromatic heterocycles. The van der Waals surface area contributed by atoms with Crippen LogP contribution in [0.3, 0.4) is 0 Å². The van der Waals surface area contributed by atoms with E-state index in [-0.39, 0.29) is 23.5 Å². The normalized spacial score (nSPS) is 12.4. The molecule has 0 saturated carbocycles. The number of thioether (sulfide) groups is 1. The van der Waals surface area contributed by atoms with E-state index >= 15 is 0 Å². The fourth-order valence-corrected chi connectivity index (χ4v) is 3.43. The number of alkyl halides is 3. The van der Waals surface area contributed by atoms with Crippen molar-refractivity contribution in [3.05, 3.63) is 60.2 Å². The van der Waals surface area contributed by atoms with Gasteiger partial charge in [0.2, 0.25) is 11.1 Å². The van der Waals surface area contributed by atoms with Crippen molar-refractivity contribution in [2.75, 3.05) is 12.8 Å². The molecule has 0 saturated heterocycles. The first-order chi connectivity index (χ1) is 14.2. The van der Waals surface area contributed by atoms with Crippen molar-refractivity contribution in [1.82, 2.24) is 25.1 Å². The molecule has 0 radical (unpaired) electrons. The van der Waals surface area contributed by atoms with Gasteiger partial charge in [-0.25, -0.2) is 0 Å². The zero-order valence-electron chi connectivity index (χ0n) is 16.1. The number of nitrogens with zero attached hydrogens (tertiary/aromatic N) is 5. The van der Waals surface area contributed by atoms with Crippen molar-refractivity contribution in [2.24, 2.45) is 0 Å². The second kappa shape index (κ2) is 9.16. The summed E-state index contributed by atoms with van der Waals surface area (Å²) < 4.78 is 42.1. The minimum Gasteiger partial charge on any atom is -0.406 e. The van der Waals surface area contributed by atoms with Gasteiger partial charge in [0.05, 0.1) is 17.5 Å². The van der Waals surface area contributed by atoms with Gasteiger partial charge < -0.3 is 9.64 Å². The van der Waals surface area contributed by atoms with Gasteiger partial charge in [-0.2, -0.15) is 4.68 Å². The molecular formula is C19H18F3N5O2S. The number of carbonyl (C=O) groups excluding carboxylic acids is 1. The van der Waals surface area contributed by atoms with Gasteiger partial charge >= 0.3 is 6.36 Å². The quantitative estimate of drug-likeness (QED) is 0.523. The first-order valence-corrected chi connectivity index (χ1v) is 9.81. The number of tetrazole rings is 1. The second-order valence-corrected chi connectivity index (χ2v) is 7.24. The lowest BCUT2D eigenvalue weighted by molar-refractivity contribution is -0.274. The lowest BCUT2D eigenvalue weighted by Gasteiger charge is -2.25. The first kappa shape index (κ1) is 21.6. The highest BCUT2D eigenvalue weighted by molar-refractivity contribution is 7.99. The molecule has 3 aromatic rings. The topological polar surface area (TPSA) is 73.1 Å². The SMILES string of the molecule is CC(c1ccccc1)N(C)C(=O)CSc1nnnn1-c1ccc(OC(F)(F)F)cc1. The fourth-order valence-electron chi connectivity index (χ4n) is 2.62. The summed E-state index contributed by atoms with van der Waals surface area (Å²) in [6.07, 6.45) is -4.76. The van der Waals surface area contributed by atoms with E-state index in [1.54, 1.807) is 11.9 Å². The van der Waals surface area contributed by atoms with Crippen LogP contribution in [0.5, 0.6) is 5.75 Å². The highest BCUT2D eigenvalue weighted by atomic mass is 32.2. The van der Waals surface area contributed by atoms with Gasteiger partial charge in [-0.3, -0.25) is 4.79 Å². The predicted molar refractivity (Wildman–Crippen MR) is 104 cm³/mol. The summed E-state index contributed by atoms with van der Waals surface area (Å²) in [5, 5.41) is 11.7. The largest absolute Gasteiger partial charge is 0.573 e. The van der Waals surface area contributed by atoms with E-state index in [9.17, 15) is 18.0 Å². The minimum atomic E-state index is -4.76. The van der Waals surface area contributed by atoms with Gasteiger partial charge in [0, 0.05) is 7.05 Å². The van der Waals surface area contributed by atoms with Crippen LogP contribution in [0.2, 0.25) is 0 Å². The third-order valence-corrected chi connectivity index (χ3v) is 5.24. The van der Waals surface area contributed by atoms with Crippen molar-refractivity contribution in [1.29, 1.82) is 0 Å². The number of hydrogen-bond acceptors (Lipinski definition) is 6. The molecule has 0 bridgehead atoms. The average Bonchev–Trinajstić information content (AvgIpc) is 3.19. The number of hydrogen-bond donors (Lipinski definition) is 0. The smallest absolute Gasteiger partial charge is 0.406 e. The third-order valence-electron chi connectivity index (χ3n) is 4.34. The van der Waals surface area contributed by atoms with Crippen molar-refractivity contribution in [3.8, 4) is 11.4 Å². The summed E-state index contributed by atoms with van der Waals surface area (Å²) in [5.41, 5.74) is 1.46. The van der Waals surface area contributed by atoms with Crippen molar-refractivity contribution in [2.45, 2.75) is 24.5 Å². The molecule has 0 N–H and O–H groups in total. The summed E-state index contributed by atoms with van der Waals surface area (Å²) in [4.78, 5) is 14.2. The second-order valence-electron chi connectivity index (χ2n) is 6.29. The number of carbonyl (C=O) groups is 1. The van der Waals surface area contributed by atoms with Gasteiger partial charge in [0.25, 0.3) is 0 Å². The summed E-state index contributed by atoms with van der Waals surface area (Å²) >= 11 is 1.14. The molecule has 1 unspecified atom stereocenters. The number of halogens is 3. The number of aromatic nitrogens is 4. The molecule has 3 rings (SSSR count). The zero-order chi connectivity index (χ0) is 21.7. The molecule has 0 spiro atoms. The molecular weight excluding hydrogens is 419 g/mol. The molecule has 30 heavy (non-hydrogen) atoms. The van der Waals surface area contributed by atoms with Crippen molar-refractivity contribution in [3.63, 3.8) is 0 Å². The average molecular weight is 437 g/mol. The first-order valence-electron chi connectivity index (χ1n) is 8.82. The monoisotopic (exact) mass is 437 g/mol. The standard InChI is InChI=1S/C19H18F3N5O2S/c1-13(14-6-4-3-5-7-14)26(2)17(28)12-30-18-23-24-25-27(18)15-8-10-16(11-9-15)29-19(20,21)22/h3-11,13H,12H2,1-2H3. The van der Waals surface area contributed by atoms with Crippen molar-refractivity contribution >= 4 is 17.7 Å². The van der Waals surface area contributed by atoms with Crippen LogP contribution in [-0.4, -0.2) is 50.2 Å². The Morgan fingerprint density at radius 2 is 1.83 bits per heavy atom. The van der Waals surface area contributed by atoms with E-state index in [0.717, 1.165) is 17.3 Å². The van der Waals surface area contributed by atoms with Crippen LogP contribution >= 0.6 is 11.8 Å². The molecule has 0 aliphatic carbocycles. The van der Waals surface area contributed by atoms with Gasteiger partial charge in [-0.15, -0.1) is 18.3 Å². The summed E-state index contributed by atoms with van der Waals surface area (Å²) in [6, 6.07) is 14.7. The lowest BCUT2D eigenvalue weighted by Crippen LogP contribution is -2.31. The van der Waals surface area contributed by atoms with E-state index in [4.69, 9.17) is 0 Å². The van der Waals surface area contributed by atoms with Crippen LogP contribution in [0.25, 0.3) is 5.69 Å². The number of benzene rings is 2. The Balaban J connectivity index is 1.64. The van der Waals surface area contributed by atoms with Crippen LogP contribution in [0.1, 0.15) is 18.5 Å². The number of rotatable bonds is 7. The van der Waals surface area contributed by atoms with Gasteiger partial charge in [0.1, 0.15) is 5.75 Å². The molecule has 7 nitrogen and oxygen atoms in total. The highest BCUT2D eigenvalue weighted by Gasteiger charge is 2.31. The summed E-state index contributed by atoms with van der Waals surface area (Å²) in [5.74, 6) is -0.358. The minimum absolute atomic E-state index is 0.100. The Bertz CT molecular complexity index is 980. The Kier molecular flexibility index (Phi) is 6.60. The maximum atomic E-state index is 12.6. The predicted octanol–water partition coefficient (Wildman–Crippen LogP) is 3.87. The number of ether oxygens (including phenoxy) is 1. The Labute approximate surface area is 174 Å². The van der Waals surface area contributed by atoms with Crippen LogP contribution in [0.15, 0.2) is 59.8 Å². The number of amides is 1. The van der Waals surface area contributed by atoms with Crippen LogP contribution in [0.4, 0.5) is 13.2 Å². The molecule has 1 heterocycles. The summed E-state index contributed by atoms with van der Waals surface area (Å²) in [7, 11) is 1.73. The van der Waals surface area contributed by atoms with E-state index in [2.05, 4.69) is 20.3 Å². The Morgan fingerprint density at radius 1 is 1.17 bits per heavy atom. The molecule has 2 aromatic carbocycles.